The quantitative estimate of drug-likeness (QED) is 0.322. The van der Waals surface area contributed by atoms with E-state index < -0.39 is 17.8 Å². The van der Waals surface area contributed by atoms with Crippen molar-refractivity contribution in [2.45, 2.75) is 18.9 Å². The van der Waals surface area contributed by atoms with Crippen LogP contribution in [0.4, 0.5) is 18.9 Å². The van der Waals surface area contributed by atoms with E-state index in [-0.39, 0.29) is 30.5 Å². The maximum absolute atomic E-state index is 13.2. The van der Waals surface area contributed by atoms with Gasteiger partial charge in [-0.05, 0) is 42.0 Å². The lowest BCUT2D eigenvalue weighted by atomic mass is 10.1. The molecule has 1 unspecified atom stereocenters. The summed E-state index contributed by atoms with van der Waals surface area (Å²) in [4.78, 5) is 4.23. The molecule has 0 saturated heterocycles. The average molecular weight is 499 g/mol. The number of aliphatic hydroxyl groups excluding tert-OH is 1. The SMILES string of the molecule is COc1nc(-c2cccc(C(F)(F)F)c2)n(-c2ccc(NCC(O)COCc3ccccc3)cc2)n1. The van der Waals surface area contributed by atoms with E-state index in [0.717, 1.165) is 23.4 Å². The Balaban J connectivity index is 1.41. The van der Waals surface area contributed by atoms with Crippen LogP contribution < -0.4 is 10.1 Å². The monoisotopic (exact) mass is 498 g/mol. The van der Waals surface area contributed by atoms with Crippen molar-refractivity contribution in [3.8, 4) is 23.1 Å². The normalized spacial score (nSPS) is 12.4. The molecule has 0 aliphatic heterocycles. The van der Waals surface area contributed by atoms with Crippen LogP contribution in [0.3, 0.4) is 0 Å². The molecule has 0 saturated carbocycles. The molecule has 10 heteroatoms. The zero-order valence-electron chi connectivity index (χ0n) is 19.4. The van der Waals surface area contributed by atoms with Crippen molar-refractivity contribution >= 4 is 5.69 Å². The minimum atomic E-state index is -4.48. The number of hydrogen-bond acceptors (Lipinski definition) is 6. The fourth-order valence-corrected chi connectivity index (χ4v) is 3.48. The number of benzene rings is 3. The predicted octanol–water partition coefficient (Wildman–Crippen LogP) is 4.95. The Morgan fingerprint density at radius 1 is 1.00 bits per heavy atom. The van der Waals surface area contributed by atoms with Crippen LogP contribution in [0.5, 0.6) is 6.01 Å². The summed E-state index contributed by atoms with van der Waals surface area (Å²) in [6.07, 6.45) is -5.18. The molecule has 1 heterocycles. The molecule has 2 N–H and O–H groups in total. The van der Waals surface area contributed by atoms with E-state index in [1.54, 1.807) is 24.3 Å². The van der Waals surface area contributed by atoms with Crippen LogP contribution in [0.2, 0.25) is 0 Å². The standard InChI is InChI=1S/C26H25F3N4O3/c1-35-25-31-24(19-8-5-9-20(14-19)26(27,28)29)33(32-25)22-12-10-21(11-13-22)30-15-23(34)17-36-16-18-6-3-2-4-7-18/h2-14,23,30,34H,15-17H2,1H3. The fraction of sp³-hybridized carbons (Fsp3) is 0.231. The Morgan fingerprint density at radius 3 is 2.44 bits per heavy atom. The summed E-state index contributed by atoms with van der Waals surface area (Å²) in [5.41, 5.74) is 1.83. The molecule has 0 spiro atoms. The molecular formula is C26H25F3N4O3. The van der Waals surface area contributed by atoms with E-state index in [4.69, 9.17) is 9.47 Å². The van der Waals surface area contributed by atoms with Crippen molar-refractivity contribution in [2.24, 2.45) is 0 Å². The molecule has 4 aromatic rings. The highest BCUT2D eigenvalue weighted by Gasteiger charge is 2.31. The van der Waals surface area contributed by atoms with Crippen LogP contribution in [-0.2, 0) is 17.5 Å². The van der Waals surface area contributed by atoms with Gasteiger partial charge in [0.2, 0.25) is 0 Å². The molecule has 3 aromatic carbocycles. The van der Waals surface area contributed by atoms with Gasteiger partial charge < -0.3 is 19.9 Å². The van der Waals surface area contributed by atoms with Crippen molar-refractivity contribution in [3.05, 3.63) is 90.0 Å². The van der Waals surface area contributed by atoms with E-state index in [1.165, 1.54) is 23.9 Å². The molecule has 0 bridgehead atoms. The highest BCUT2D eigenvalue weighted by Crippen LogP contribution is 2.32. The first-order valence-electron chi connectivity index (χ1n) is 11.2. The first-order chi connectivity index (χ1) is 17.3. The number of nitrogens with zero attached hydrogens (tertiary/aromatic N) is 3. The third-order valence-electron chi connectivity index (χ3n) is 5.29. The van der Waals surface area contributed by atoms with Gasteiger partial charge in [-0.2, -0.15) is 18.2 Å². The van der Waals surface area contributed by atoms with Gasteiger partial charge in [0.1, 0.15) is 0 Å². The van der Waals surface area contributed by atoms with Gasteiger partial charge in [0.15, 0.2) is 5.82 Å². The lowest BCUT2D eigenvalue weighted by molar-refractivity contribution is -0.137. The van der Waals surface area contributed by atoms with Crippen LogP contribution in [0.1, 0.15) is 11.1 Å². The van der Waals surface area contributed by atoms with Gasteiger partial charge in [-0.25, -0.2) is 4.68 Å². The van der Waals surface area contributed by atoms with E-state index in [0.29, 0.717) is 12.3 Å². The van der Waals surface area contributed by atoms with Gasteiger partial charge in [-0.15, -0.1) is 5.10 Å². The Morgan fingerprint density at radius 2 is 1.75 bits per heavy atom. The van der Waals surface area contributed by atoms with E-state index in [1.807, 2.05) is 30.3 Å². The summed E-state index contributed by atoms with van der Waals surface area (Å²) in [5, 5.41) is 17.6. The molecular weight excluding hydrogens is 473 g/mol. The second kappa shape index (κ2) is 11.2. The summed E-state index contributed by atoms with van der Waals surface area (Å²) < 4.78 is 51.7. The second-order valence-corrected chi connectivity index (χ2v) is 7.99. The molecule has 0 radical (unpaired) electrons. The number of aliphatic hydroxyl groups is 1. The Labute approximate surface area is 206 Å². The molecule has 188 valence electrons. The average Bonchev–Trinajstić information content (AvgIpc) is 3.33. The van der Waals surface area contributed by atoms with Gasteiger partial charge in [0.05, 0.1) is 37.7 Å². The smallest absolute Gasteiger partial charge is 0.416 e. The van der Waals surface area contributed by atoms with Crippen molar-refractivity contribution in [3.63, 3.8) is 0 Å². The Hall–Kier alpha value is -3.89. The number of halogens is 3. The van der Waals surface area contributed by atoms with E-state index in [9.17, 15) is 18.3 Å². The molecule has 1 atom stereocenters. The lowest BCUT2D eigenvalue weighted by Gasteiger charge is -2.14. The molecule has 36 heavy (non-hydrogen) atoms. The van der Waals surface area contributed by atoms with Crippen molar-refractivity contribution in [1.29, 1.82) is 0 Å². The summed E-state index contributed by atoms with van der Waals surface area (Å²) in [5.74, 6) is 0.213. The summed E-state index contributed by atoms with van der Waals surface area (Å²) in [6, 6.07) is 21.6. The summed E-state index contributed by atoms with van der Waals surface area (Å²) >= 11 is 0. The van der Waals surface area contributed by atoms with Gasteiger partial charge in [-0.3, -0.25) is 0 Å². The van der Waals surface area contributed by atoms with Crippen molar-refractivity contribution in [1.82, 2.24) is 14.8 Å². The van der Waals surface area contributed by atoms with Crippen LogP contribution in [0.15, 0.2) is 78.9 Å². The van der Waals surface area contributed by atoms with E-state index in [2.05, 4.69) is 15.4 Å². The topological polar surface area (TPSA) is 81.4 Å². The first-order valence-corrected chi connectivity index (χ1v) is 11.2. The number of aromatic nitrogens is 3. The van der Waals surface area contributed by atoms with Gasteiger partial charge >= 0.3 is 12.2 Å². The maximum Gasteiger partial charge on any atom is 0.416 e. The first kappa shape index (κ1) is 25.2. The second-order valence-electron chi connectivity index (χ2n) is 7.99. The summed E-state index contributed by atoms with van der Waals surface area (Å²) in [6.45, 7) is 0.877. The highest BCUT2D eigenvalue weighted by atomic mass is 19.4. The van der Waals surface area contributed by atoms with Crippen LogP contribution in [0.25, 0.3) is 17.1 Å². The number of hydrogen-bond donors (Lipinski definition) is 2. The predicted molar refractivity (Wildman–Crippen MR) is 129 cm³/mol. The van der Waals surface area contributed by atoms with Crippen LogP contribution in [-0.4, -0.2) is 46.2 Å². The number of ether oxygens (including phenoxy) is 2. The molecule has 7 nitrogen and oxygen atoms in total. The number of anilines is 1. The molecule has 0 amide bonds. The van der Waals surface area contributed by atoms with Crippen molar-refractivity contribution in [2.75, 3.05) is 25.6 Å². The largest absolute Gasteiger partial charge is 0.466 e. The third-order valence-corrected chi connectivity index (χ3v) is 5.29. The molecule has 4 rings (SSSR count). The third kappa shape index (κ3) is 6.41. The van der Waals surface area contributed by atoms with Crippen LogP contribution in [0, 0.1) is 0 Å². The number of methoxy groups -OCH3 is 1. The summed E-state index contributed by atoms with van der Waals surface area (Å²) in [7, 11) is 1.39. The minimum absolute atomic E-state index is 0.0308. The molecule has 0 fully saturated rings. The number of rotatable bonds is 10. The zero-order valence-corrected chi connectivity index (χ0v) is 19.4. The number of alkyl halides is 3. The van der Waals surface area contributed by atoms with Gasteiger partial charge in [0.25, 0.3) is 0 Å². The Bertz CT molecular complexity index is 1260. The van der Waals surface area contributed by atoms with Gasteiger partial charge in [0, 0.05) is 17.8 Å². The van der Waals surface area contributed by atoms with E-state index >= 15 is 0 Å². The molecule has 1 aromatic heterocycles. The zero-order chi connectivity index (χ0) is 25.5. The minimum Gasteiger partial charge on any atom is -0.466 e. The highest BCUT2D eigenvalue weighted by molar-refractivity contribution is 5.60. The van der Waals surface area contributed by atoms with Gasteiger partial charge in [-0.1, -0.05) is 42.5 Å². The Kier molecular flexibility index (Phi) is 7.87. The fourth-order valence-electron chi connectivity index (χ4n) is 3.48. The van der Waals surface area contributed by atoms with Crippen molar-refractivity contribution < 1.29 is 27.8 Å². The lowest BCUT2D eigenvalue weighted by Crippen LogP contribution is -2.24. The maximum atomic E-state index is 13.2. The number of nitrogens with one attached hydrogen (secondary N) is 1. The molecule has 0 aliphatic rings. The van der Waals surface area contributed by atoms with Crippen LogP contribution >= 0.6 is 0 Å². The molecule has 0 aliphatic carbocycles.